The van der Waals surface area contributed by atoms with Gasteiger partial charge in [-0.25, -0.2) is 9.37 Å². The summed E-state index contributed by atoms with van der Waals surface area (Å²) in [5, 5.41) is 3.03. The average Bonchev–Trinajstić information content (AvgIpc) is 2.75. The molecule has 0 amide bonds. The highest BCUT2D eigenvalue weighted by atomic mass is 79.9. The minimum atomic E-state index is -0.320. The Morgan fingerprint density at radius 2 is 2.25 bits per heavy atom. The van der Waals surface area contributed by atoms with E-state index >= 15 is 0 Å². The first-order valence-electron chi connectivity index (χ1n) is 6.27. The van der Waals surface area contributed by atoms with Crippen molar-refractivity contribution in [3.05, 3.63) is 40.4 Å². The molecule has 108 valence electrons. The number of benzene rings is 1. The first-order valence-corrected chi connectivity index (χ1v) is 7.07. The monoisotopic (exact) mass is 341 g/mol. The van der Waals surface area contributed by atoms with E-state index in [1.807, 2.05) is 24.6 Å². The summed E-state index contributed by atoms with van der Waals surface area (Å²) in [6.45, 7) is 4.48. The van der Waals surface area contributed by atoms with Gasteiger partial charge in [-0.3, -0.25) is 0 Å². The first-order chi connectivity index (χ1) is 9.51. The number of nitrogens with one attached hydrogen (secondary N) is 1. The second-order valence-corrected chi connectivity index (χ2v) is 5.58. The third kappa shape index (κ3) is 3.37. The van der Waals surface area contributed by atoms with E-state index < -0.39 is 0 Å². The number of ether oxygens (including phenoxy) is 1. The van der Waals surface area contributed by atoms with Gasteiger partial charge in [0.15, 0.2) is 0 Å². The quantitative estimate of drug-likeness (QED) is 0.891. The highest BCUT2D eigenvalue weighted by Crippen LogP contribution is 2.25. The van der Waals surface area contributed by atoms with Crippen molar-refractivity contribution >= 4 is 27.6 Å². The molecule has 1 N–H and O–H groups in total. The van der Waals surface area contributed by atoms with Gasteiger partial charge in [-0.2, -0.15) is 0 Å². The van der Waals surface area contributed by atoms with Gasteiger partial charge >= 0.3 is 0 Å². The molecular weight excluding hydrogens is 325 g/mol. The third-order valence-corrected chi connectivity index (χ3v) is 3.40. The number of hydrogen-bond donors (Lipinski definition) is 1. The Kier molecular flexibility index (Phi) is 4.77. The van der Waals surface area contributed by atoms with E-state index in [1.54, 1.807) is 19.2 Å². The van der Waals surface area contributed by atoms with Crippen LogP contribution in [0.25, 0.3) is 0 Å². The lowest BCUT2D eigenvalue weighted by molar-refractivity contribution is 0.163. The summed E-state index contributed by atoms with van der Waals surface area (Å²) in [5.74, 6) is 0.281. The van der Waals surface area contributed by atoms with E-state index in [0.29, 0.717) is 18.2 Å². The molecule has 1 atom stereocenters. The van der Waals surface area contributed by atoms with Crippen LogP contribution in [0.2, 0.25) is 0 Å². The fourth-order valence-corrected chi connectivity index (χ4v) is 2.34. The van der Waals surface area contributed by atoms with Crippen LogP contribution in [-0.2, 0) is 4.74 Å². The Bertz CT molecular complexity index is 600. The van der Waals surface area contributed by atoms with Gasteiger partial charge in [0.1, 0.15) is 5.82 Å². The SMILES string of the molecule is COCC(C)n1cc(C)nc1Nc1cc(Br)ccc1F. The number of halogens is 2. The molecule has 1 aromatic heterocycles. The van der Waals surface area contributed by atoms with E-state index in [2.05, 4.69) is 26.2 Å². The van der Waals surface area contributed by atoms with Crippen LogP contribution in [0.3, 0.4) is 0 Å². The number of anilines is 2. The Labute approximate surface area is 126 Å². The average molecular weight is 342 g/mol. The molecule has 1 unspecified atom stereocenters. The summed E-state index contributed by atoms with van der Waals surface area (Å²) < 4.78 is 21.7. The molecule has 6 heteroatoms. The van der Waals surface area contributed by atoms with Crippen molar-refractivity contribution < 1.29 is 9.13 Å². The van der Waals surface area contributed by atoms with E-state index in [-0.39, 0.29) is 11.9 Å². The summed E-state index contributed by atoms with van der Waals surface area (Å²) in [6.07, 6.45) is 1.92. The molecule has 0 aliphatic heterocycles. The molecule has 0 spiro atoms. The summed E-state index contributed by atoms with van der Waals surface area (Å²) in [5.41, 5.74) is 1.25. The highest BCUT2D eigenvalue weighted by Gasteiger charge is 2.13. The molecular formula is C14H17BrFN3O. The van der Waals surface area contributed by atoms with Crippen molar-refractivity contribution in [2.24, 2.45) is 0 Å². The number of hydrogen-bond acceptors (Lipinski definition) is 3. The molecule has 0 fully saturated rings. The van der Waals surface area contributed by atoms with Crippen molar-refractivity contribution in [3.8, 4) is 0 Å². The molecule has 4 nitrogen and oxygen atoms in total. The third-order valence-electron chi connectivity index (χ3n) is 2.91. The molecule has 2 rings (SSSR count). The molecule has 1 heterocycles. The molecule has 2 aromatic rings. The Hall–Kier alpha value is -1.40. The lowest BCUT2D eigenvalue weighted by Crippen LogP contribution is -2.13. The number of nitrogens with zero attached hydrogens (tertiary/aromatic N) is 2. The van der Waals surface area contributed by atoms with E-state index in [9.17, 15) is 4.39 Å². The maximum absolute atomic E-state index is 13.8. The van der Waals surface area contributed by atoms with Crippen molar-refractivity contribution in [1.82, 2.24) is 9.55 Å². The van der Waals surface area contributed by atoms with Crippen LogP contribution in [0.4, 0.5) is 16.0 Å². The van der Waals surface area contributed by atoms with E-state index in [1.165, 1.54) is 6.07 Å². The highest BCUT2D eigenvalue weighted by molar-refractivity contribution is 9.10. The topological polar surface area (TPSA) is 39.1 Å². The smallest absolute Gasteiger partial charge is 0.207 e. The van der Waals surface area contributed by atoms with Crippen molar-refractivity contribution in [3.63, 3.8) is 0 Å². The zero-order valence-corrected chi connectivity index (χ0v) is 13.2. The summed E-state index contributed by atoms with van der Waals surface area (Å²) in [7, 11) is 1.65. The molecule has 0 bridgehead atoms. The van der Waals surface area contributed by atoms with Gasteiger partial charge in [0, 0.05) is 17.8 Å². The van der Waals surface area contributed by atoms with E-state index in [0.717, 1.165) is 10.2 Å². The molecule has 20 heavy (non-hydrogen) atoms. The zero-order chi connectivity index (χ0) is 14.7. The van der Waals surface area contributed by atoms with Crippen LogP contribution in [0.1, 0.15) is 18.7 Å². The second kappa shape index (κ2) is 6.37. The number of imidazole rings is 1. The van der Waals surface area contributed by atoms with Crippen LogP contribution in [-0.4, -0.2) is 23.3 Å². The number of methoxy groups -OCH3 is 1. The predicted molar refractivity (Wildman–Crippen MR) is 80.9 cm³/mol. The fraction of sp³-hybridized carbons (Fsp3) is 0.357. The van der Waals surface area contributed by atoms with Crippen LogP contribution < -0.4 is 5.32 Å². The van der Waals surface area contributed by atoms with Gasteiger partial charge in [0.05, 0.1) is 24.0 Å². The number of aryl methyl sites for hydroxylation is 1. The minimum Gasteiger partial charge on any atom is -0.383 e. The molecule has 0 radical (unpaired) electrons. The Morgan fingerprint density at radius 3 is 2.95 bits per heavy atom. The normalized spacial score (nSPS) is 12.4. The van der Waals surface area contributed by atoms with Crippen molar-refractivity contribution in [1.29, 1.82) is 0 Å². The fourth-order valence-electron chi connectivity index (χ4n) is 1.98. The molecule has 0 saturated carbocycles. The summed E-state index contributed by atoms with van der Waals surface area (Å²) in [6, 6.07) is 4.86. The summed E-state index contributed by atoms with van der Waals surface area (Å²) >= 11 is 3.33. The standard InChI is InChI=1S/C14H17BrFN3O/c1-9-7-19(10(2)8-20-3)14(17-9)18-13-6-11(15)4-5-12(13)16/h4-7,10H,8H2,1-3H3,(H,17,18). The molecule has 0 saturated heterocycles. The Balaban J connectivity index is 2.31. The predicted octanol–water partition coefficient (Wildman–Crippen LogP) is 4.04. The maximum atomic E-state index is 13.8. The summed E-state index contributed by atoms with van der Waals surface area (Å²) in [4.78, 5) is 4.39. The largest absolute Gasteiger partial charge is 0.383 e. The van der Waals surface area contributed by atoms with Gasteiger partial charge in [0.25, 0.3) is 0 Å². The Morgan fingerprint density at radius 1 is 1.50 bits per heavy atom. The van der Waals surface area contributed by atoms with Gasteiger partial charge in [0.2, 0.25) is 5.95 Å². The van der Waals surface area contributed by atoms with Crippen molar-refractivity contribution in [2.45, 2.75) is 19.9 Å². The van der Waals surface area contributed by atoms with Crippen LogP contribution in [0.15, 0.2) is 28.9 Å². The van der Waals surface area contributed by atoms with Gasteiger partial charge in [-0.1, -0.05) is 15.9 Å². The first kappa shape index (κ1) is 15.0. The van der Waals surface area contributed by atoms with Crippen LogP contribution in [0.5, 0.6) is 0 Å². The zero-order valence-electron chi connectivity index (χ0n) is 11.7. The lowest BCUT2D eigenvalue weighted by Gasteiger charge is -2.16. The molecule has 0 aliphatic rings. The van der Waals surface area contributed by atoms with Crippen molar-refractivity contribution in [2.75, 3.05) is 19.0 Å². The van der Waals surface area contributed by atoms with Gasteiger partial charge in [-0.15, -0.1) is 0 Å². The van der Waals surface area contributed by atoms with Crippen LogP contribution in [0, 0.1) is 12.7 Å². The number of rotatable bonds is 5. The van der Waals surface area contributed by atoms with Gasteiger partial charge < -0.3 is 14.6 Å². The van der Waals surface area contributed by atoms with Crippen LogP contribution >= 0.6 is 15.9 Å². The van der Waals surface area contributed by atoms with Gasteiger partial charge in [-0.05, 0) is 32.0 Å². The minimum absolute atomic E-state index is 0.110. The molecule has 1 aromatic carbocycles. The van der Waals surface area contributed by atoms with E-state index in [4.69, 9.17) is 4.74 Å². The number of aromatic nitrogens is 2. The maximum Gasteiger partial charge on any atom is 0.207 e. The lowest BCUT2D eigenvalue weighted by atomic mass is 10.3. The molecule has 0 aliphatic carbocycles. The second-order valence-electron chi connectivity index (χ2n) is 4.67.